The number of H-pyrrole nitrogens is 1. The number of imide groups is 1. The van der Waals surface area contributed by atoms with Gasteiger partial charge in [0.15, 0.2) is 0 Å². The monoisotopic (exact) mass is 329 g/mol. The molecule has 0 saturated carbocycles. The Morgan fingerprint density at radius 3 is 2.83 bits per heavy atom. The largest absolute Gasteiger partial charge is 0.351 e. The molecule has 0 bridgehead atoms. The van der Waals surface area contributed by atoms with Gasteiger partial charge >= 0.3 is 0 Å². The van der Waals surface area contributed by atoms with Crippen LogP contribution in [0.25, 0.3) is 10.9 Å². The number of hydrogen-bond acceptors (Lipinski definition) is 4. The number of benzene rings is 1. The van der Waals surface area contributed by atoms with E-state index in [2.05, 4.69) is 4.98 Å². The third kappa shape index (κ3) is 2.41. The zero-order chi connectivity index (χ0) is 16.0. The molecule has 3 heterocycles. The fourth-order valence-corrected chi connectivity index (χ4v) is 3.99. The molecule has 0 radical (unpaired) electrons. The number of likely N-dealkylation sites (tertiary alicyclic amines) is 1. The maximum Gasteiger partial charge on any atom is 0.289 e. The normalized spacial score (nSPS) is 21.7. The SMILES string of the molecule is O=C(c1cc2ccccc2[nH]1)N1CCC(N2C(=O)CSC2=O)C1. The lowest BCUT2D eigenvalue weighted by molar-refractivity contribution is -0.126. The van der Waals surface area contributed by atoms with Crippen molar-refractivity contribution >= 4 is 39.7 Å². The Hall–Kier alpha value is -2.28. The smallest absolute Gasteiger partial charge is 0.289 e. The highest BCUT2D eigenvalue weighted by molar-refractivity contribution is 8.14. The zero-order valence-electron chi connectivity index (χ0n) is 12.3. The molecule has 0 spiro atoms. The molecule has 1 aromatic carbocycles. The van der Waals surface area contributed by atoms with E-state index in [1.54, 1.807) is 4.90 Å². The molecule has 2 aliphatic rings. The number of amides is 3. The van der Waals surface area contributed by atoms with Gasteiger partial charge in [-0.2, -0.15) is 0 Å². The van der Waals surface area contributed by atoms with Crippen LogP contribution in [0.2, 0.25) is 0 Å². The minimum absolute atomic E-state index is 0.0875. The number of para-hydroxylation sites is 1. The van der Waals surface area contributed by atoms with Gasteiger partial charge in [0.05, 0.1) is 11.8 Å². The number of thioether (sulfide) groups is 1. The van der Waals surface area contributed by atoms with Crippen LogP contribution in [0.1, 0.15) is 16.9 Å². The minimum Gasteiger partial charge on any atom is -0.351 e. The number of nitrogens with one attached hydrogen (secondary N) is 1. The summed E-state index contributed by atoms with van der Waals surface area (Å²) in [5.74, 6) is -0.0222. The summed E-state index contributed by atoms with van der Waals surface area (Å²) in [6.07, 6.45) is 0.643. The van der Waals surface area contributed by atoms with Crippen molar-refractivity contribution in [2.24, 2.45) is 0 Å². The van der Waals surface area contributed by atoms with Crippen LogP contribution in [-0.4, -0.2) is 56.7 Å². The molecule has 2 aromatic rings. The Balaban J connectivity index is 1.52. The lowest BCUT2D eigenvalue weighted by Gasteiger charge is -2.21. The van der Waals surface area contributed by atoms with Gasteiger partial charge in [-0.3, -0.25) is 19.3 Å². The van der Waals surface area contributed by atoms with Gasteiger partial charge in [-0.05, 0) is 18.6 Å². The predicted octanol–water partition coefficient (Wildman–Crippen LogP) is 2.08. The number of carbonyl (C=O) groups excluding carboxylic acids is 3. The molecule has 23 heavy (non-hydrogen) atoms. The second-order valence-corrected chi connectivity index (χ2v) is 6.71. The van der Waals surface area contributed by atoms with Crippen LogP contribution in [0.4, 0.5) is 4.79 Å². The van der Waals surface area contributed by atoms with Crippen molar-refractivity contribution < 1.29 is 14.4 Å². The Kier molecular flexibility index (Phi) is 3.37. The summed E-state index contributed by atoms with van der Waals surface area (Å²) >= 11 is 1.04. The number of nitrogens with zero attached hydrogens (tertiary/aromatic N) is 2. The molecule has 2 fully saturated rings. The van der Waals surface area contributed by atoms with Gasteiger partial charge in [-0.1, -0.05) is 30.0 Å². The molecule has 3 amide bonds. The Labute approximate surface area is 136 Å². The van der Waals surface area contributed by atoms with E-state index in [1.807, 2.05) is 30.3 Å². The zero-order valence-corrected chi connectivity index (χ0v) is 13.1. The van der Waals surface area contributed by atoms with E-state index in [0.717, 1.165) is 22.7 Å². The van der Waals surface area contributed by atoms with Crippen molar-refractivity contribution in [1.82, 2.24) is 14.8 Å². The summed E-state index contributed by atoms with van der Waals surface area (Å²) in [5.41, 5.74) is 1.47. The summed E-state index contributed by atoms with van der Waals surface area (Å²) in [6.45, 7) is 0.965. The molecule has 6 nitrogen and oxygen atoms in total. The van der Waals surface area contributed by atoms with Gasteiger partial charge in [-0.25, -0.2) is 0 Å². The average molecular weight is 329 g/mol. The molecular weight excluding hydrogens is 314 g/mol. The molecule has 1 aromatic heterocycles. The van der Waals surface area contributed by atoms with Gasteiger partial charge in [0.1, 0.15) is 5.69 Å². The third-order valence-corrected chi connectivity index (χ3v) is 5.20. The molecule has 4 rings (SSSR count). The van der Waals surface area contributed by atoms with E-state index in [0.29, 0.717) is 25.2 Å². The molecule has 1 N–H and O–H groups in total. The van der Waals surface area contributed by atoms with E-state index >= 15 is 0 Å². The van der Waals surface area contributed by atoms with Crippen LogP contribution in [-0.2, 0) is 4.79 Å². The highest BCUT2D eigenvalue weighted by Gasteiger charge is 2.40. The summed E-state index contributed by atoms with van der Waals surface area (Å²) < 4.78 is 0. The van der Waals surface area contributed by atoms with E-state index in [-0.39, 0.29) is 28.8 Å². The fraction of sp³-hybridized carbons (Fsp3) is 0.312. The molecule has 7 heteroatoms. The second-order valence-electron chi connectivity index (χ2n) is 5.78. The topological polar surface area (TPSA) is 73.5 Å². The first-order valence-electron chi connectivity index (χ1n) is 7.49. The van der Waals surface area contributed by atoms with E-state index < -0.39 is 0 Å². The Bertz CT molecular complexity index is 767. The number of fused-ring (bicyclic) bond motifs is 1. The van der Waals surface area contributed by atoms with Crippen molar-refractivity contribution in [3.05, 3.63) is 36.0 Å². The maximum absolute atomic E-state index is 12.6. The third-order valence-electron chi connectivity index (χ3n) is 4.36. The summed E-state index contributed by atoms with van der Waals surface area (Å²) in [7, 11) is 0. The molecule has 1 unspecified atom stereocenters. The lowest BCUT2D eigenvalue weighted by atomic mass is 10.2. The number of carbonyl (C=O) groups is 3. The van der Waals surface area contributed by atoms with Crippen molar-refractivity contribution in [2.75, 3.05) is 18.8 Å². The maximum atomic E-state index is 12.6. The first-order valence-corrected chi connectivity index (χ1v) is 8.48. The van der Waals surface area contributed by atoms with E-state index in [4.69, 9.17) is 0 Å². The highest BCUT2D eigenvalue weighted by atomic mass is 32.2. The van der Waals surface area contributed by atoms with Gasteiger partial charge in [0.25, 0.3) is 11.1 Å². The Morgan fingerprint density at radius 1 is 1.26 bits per heavy atom. The van der Waals surface area contributed by atoms with E-state index in [9.17, 15) is 14.4 Å². The van der Waals surface area contributed by atoms with Crippen LogP contribution in [0.15, 0.2) is 30.3 Å². The molecule has 1 atom stereocenters. The summed E-state index contributed by atoms with van der Waals surface area (Å²) in [6, 6.07) is 9.37. The summed E-state index contributed by atoms with van der Waals surface area (Å²) in [5, 5.41) is 0.799. The van der Waals surface area contributed by atoms with Crippen LogP contribution in [0, 0.1) is 0 Å². The standard InChI is InChI=1S/C16H15N3O3S/c20-14-9-23-16(22)19(14)11-5-6-18(8-11)15(21)13-7-10-3-1-2-4-12(10)17-13/h1-4,7,11,17H,5-6,8-9H2. The van der Waals surface area contributed by atoms with Crippen molar-refractivity contribution in [3.63, 3.8) is 0 Å². The fourth-order valence-electron chi connectivity index (χ4n) is 3.21. The number of hydrogen-bond donors (Lipinski definition) is 1. The lowest BCUT2D eigenvalue weighted by Crippen LogP contribution is -2.41. The molecule has 118 valence electrons. The first-order chi connectivity index (χ1) is 11.1. The predicted molar refractivity (Wildman–Crippen MR) is 87.3 cm³/mol. The molecular formula is C16H15N3O3S. The van der Waals surface area contributed by atoms with Crippen molar-refractivity contribution in [1.29, 1.82) is 0 Å². The number of aromatic nitrogens is 1. The van der Waals surface area contributed by atoms with Gasteiger partial charge in [0.2, 0.25) is 5.91 Å². The van der Waals surface area contributed by atoms with Crippen molar-refractivity contribution in [2.45, 2.75) is 12.5 Å². The molecule has 2 aliphatic heterocycles. The number of aromatic amines is 1. The highest BCUT2D eigenvalue weighted by Crippen LogP contribution is 2.27. The number of rotatable bonds is 2. The van der Waals surface area contributed by atoms with Gasteiger partial charge in [-0.15, -0.1) is 0 Å². The quantitative estimate of drug-likeness (QED) is 0.915. The van der Waals surface area contributed by atoms with E-state index in [1.165, 1.54) is 4.90 Å². The van der Waals surface area contributed by atoms with Crippen LogP contribution >= 0.6 is 11.8 Å². The van der Waals surface area contributed by atoms with Gasteiger partial charge < -0.3 is 9.88 Å². The Morgan fingerprint density at radius 2 is 2.09 bits per heavy atom. The summed E-state index contributed by atoms with van der Waals surface area (Å²) in [4.78, 5) is 42.4. The second kappa shape index (κ2) is 5.42. The molecule has 2 saturated heterocycles. The van der Waals surface area contributed by atoms with Crippen molar-refractivity contribution in [3.8, 4) is 0 Å². The minimum atomic E-state index is -0.196. The van der Waals surface area contributed by atoms with Crippen LogP contribution < -0.4 is 0 Å². The first kappa shape index (κ1) is 14.3. The van der Waals surface area contributed by atoms with Crippen LogP contribution in [0.3, 0.4) is 0 Å². The average Bonchev–Trinajstić information content (AvgIpc) is 3.25. The van der Waals surface area contributed by atoms with Gasteiger partial charge in [0, 0.05) is 24.0 Å². The molecule has 0 aliphatic carbocycles. The van der Waals surface area contributed by atoms with Crippen LogP contribution in [0.5, 0.6) is 0 Å².